The second-order valence-corrected chi connectivity index (χ2v) is 4.08. The van der Waals surface area contributed by atoms with E-state index in [0.29, 0.717) is 5.92 Å². The predicted octanol–water partition coefficient (Wildman–Crippen LogP) is 2.70. The number of nitrogens with two attached hydrogens (primary N) is 1. The van der Waals surface area contributed by atoms with Crippen molar-refractivity contribution in [1.29, 1.82) is 0 Å². The average molecular weight is 177 g/mol. The molecule has 1 nitrogen and oxygen atoms in total. The lowest BCUT2D eigenvalue weighted by Gasteiger charge is -2.08. The van der Waals surface area contributed by atoms with E-state index in [0.717, 1.165) is 6.42 Å². The van der Waals surface area contributed by atoms with Crippen LogP contribution >= 0.6 is 0 Å². The minimum Gasteiger partial charge on any atom is -0.328 e. The molecule has 13 heavy (non-hydrogen) atoms. The first-order valence-electron chi connectivity index (χ1n) is 4.94. The molecule has 0 saturated carbocycles. The van der Waals surface area contributed by atoms with E-state index in [2.05, 4.69) is 38.1 Å². The van der Waals surface area contributed by atoms with Crippen LogP contribution in [-0.4, -0.2) is 6.04 Å². The third kappa shape index (κ3) is 3.19. The van der Waals surface area contributed by atoms with Gasteiger partial charge in [0.15, 0.2) is 0 Å². The highest BCUT2D eigenvalue weighted by molar-refractivity contribution is 5.25. The Hall–Kier alpha value is -0.820. The molecule has 0 aliphatic heterocycles. The van der Waals surface area contributed by atoms with Gasteiger partial charge in [0.05, 0.1) is 0 Å². The smallest absolute Gasteiger partial charge is 0.00509 e. The maximum atomic E-state index is 5.72. The molecule has 2 N–H and O–H groups in total. The van der Waals surface area contributed by atoms with Crippen molar-refractivity contribution in [2.75, 3.05) is 0 Å². The van der Waals surface area contributed by atoms with Crippen molar-refractivity contribution in [1.82, 2.24) is 0 Å². The predicted molar refractivity (Wildman–Crippen MR) is 57.9 cm³/mol. The summed E-state index contributed by atoms with van der Waals surface area (Å²) in [6, 6.07) is 9.01. The SMILES string of the molecule is CC(C)c1ccc(C[C@@H](C)N)cc1. The molecule has 1 heteroatoms. The standard InChI is InChI=1S/C12H19N/c1-9(2)12-6-4-11(5-7-12)8-10(3)13/h4-7,9-10H,8,13H2,1-3H3/t10-/m1/s1. The molecular weight excluding hydrogens is 158 g/mol. The van der Waals surface area contributed by atoms with Crippen LogP contribution in [0, 0.1) is 0 Å². The summed E-state index contributed by atoms with van der Waals surface area (Å²) in [7, 11) is 0. The Balaban J connectivity index is 2.70. The Kier molecular flexibility index (Phi) is 3.49. The van der Waals surface area contributed by atoms with Crippen molar-refractivity contribution in [2.45, 2.75) is 39.2 Å². The summed E-state index contributed by atoms with van der Waals surface area (Å²) >= 11 is 0. The van der Waals surface area contributed by atoms with Gasteiger partial charge in [0, 0.05) is 6.04 Å². The second kappa shape index (κ2) is 4.43. The molecular formula is C12H19N. The monoisotopic (exact) mass is 177 g/mol. The van der Waals surface area contributed by atoms with E-state index >= 15 is 0 Å². The van der Waals surface area contributed by atoms with E-state index in [1.54, 1.807) is 0 Å². The molecule has 0 amide bonds. The summed E-state index contributed by atoms with van der Waals surface area (Å²) < 4.78 is 0. The normalized spacial score (nSPS) is 13.3. The van der Waals surface area contributed by atoms with Crippen molar-refractivity contribution in [2.24, 2.45) is 5.73 Å². The highest BCUT2D eigenvalue weighted by Gasteiger charge is 2.00. The maximum Gasteiger partial charge on any atom is 0.00509 e. The molecule has 0 aliphatic rings. The molecule has 0 heterocycles. The molecule has 0 aromatic heterocycles. The van der Waals surface area contributed by atoms with Crippen LogP contribution in [0.5, 0.6) is 0 Å². The number of hydrogen-bond acceptors (Lipinski definition) is 1. The fourth-order valence-electron chi connectivity index (χ4n) is 1.41. The zero-order valence-corrected chi connectivity index (χ0v) is 8.75. The minimum absolute atomic E-state index is 0.255. The fourth-order valence-corrected chi connectivity index (χ4v) is 1.41. The molecule has 0 bridgehead atoms. The molecule has 0 spiro atoms. The van der Waals surface area contributed by atoms with Gasteiger partial charge in [0.1, 0.15) is 0 Å². The summed E-state index contributed by atoms with van der Waals surface area (Å²) in [5, 5.41) is 0. The number of rotatable bonds is 3. The van der Waals surface area contributed by atoms with Crippen LogP contribution in [0.1, 0.15) is 37.8 Å². The summed E-state index contributed by atoms with van der Waals surface area (Å²) in [4.78, 5) is 0. The van der Waals surface area contributed by atoms with Crippen LogP contribution in [0.3, 0.4) is 0 Å². The van der Waals surface area contributed by atoms with Gasteiger partial charge < -0.3 is 5.73 Å². The van der Waals surface area contributed by atoms with Gasteiger partial charge in [0.25, 0.3) is 0 Å². The molecule has 1 aromatic rings. The van der Waals surface area contributed by atoms with Crippen LogP contribution < -0.4 is 5.73 Å². The van der Waals surface area contributed by atoms with Gasteiger partial charge in [-0.25, -0.2) is 0 Å². The lowest BCUT2D eigenvalue weighted by molar-refractivity contribution is 0.737. The molecule has 1 atom stereocenters. The van der Waals surface area contributed by atoms with Crippen molar-refractivity contribution in [3.05, 3.63) is 35.4 Å². The molecule has 0 aliphatic carbocycles. The van der Waals surface area contributed by atoms with Gasteiger partial charge >= 0.3 is 0 Å². The summed E-state index contributed by atoms with van der Waals surface area (Å²) in [6.07, 6.45) is 0.971. The van der Waals surface area contributed by atoms with Gasteiger partial charge in [-0.05, 0) is 30.4 Å². The summed E-state index contributed by atoms with van der Waals surface area (Å²) in [6.45, 7) is 6.46. The Morgan fingerprint density at radius 1 is 1.08 bits per heavy atom. The zero-order valence-electron chi connectivity index (χ0n) is 8.75. The van der Waals surface area contributed by atoms with E-state index in [9.17, 15) is 0 Å². The summed E-state index contributed by atoms with van der Waals surface area (Å²) in [5.74, 6) is 0.615. The minimum atomic E-state index is 0.255. The van der Waals surface area contributed by atoms with E-state index in [4.69, 9.17) is 5.73 Å². The molecule has 1 rings (SSSR count). The first kappa shape index (κ1) is 10.3. The first-order chi connectivity index (χ1) is 6.09. The zero-order chi connectivity index (χ0) is 9.84. The van der Waals surface area contributed by atoms with Crippen LogP contribution in [0.2, 0.25) is 0 Å². The van der Waals surface area contributed by atoms with Crippen molar-refractivity contribution >= 4 is 0 Å². The van der Waals surface area contributed by atoms with Crippen LogP contribution in [-0.2, 0) is 6.42 Å². The molecule has 0 saturated heterocycles. The second-order valence-electron chi connectivity index (χ2n) is 4.08. The van der Waals surface area contributed by atoms with E-state index in [-0.39, 0.29) is 6.04 Å². The van der Waals surface area contributed by atoms with Gasteiger partial charge in [-0.1, -0.05) is 38.1 Å². The third-order valence-electron chi connectivity index (χ3n) is 2.20. The summed E-state index contributed by atoms with van der Waals surface area (Å²) in [5.41, 5.74) is 8.45. The van der Waals surface area contributed by atoms with Gasteiger partial charge in [-0.15, -0.1) is 0 Å². The first-order valence-corrected chi connectivity index (χ1v) is 4.94. The fraction of sp³-hybridized carbons (Fsp3) is 0.500. The molecule has 1 aromatic carbocycles. The molecule has 0 fully saturated rings. The van der Waals surface area contributed by atoms with E-state index in [1.165, 1.54) is 11.1 Å². The number of hydrogen-bond donors (Lipinski definition) is 1. The van der Waals surface area contributed by atoms with Crippen LogP contribution in [0.25, 0.3) is 0 Å². The van der Waals surface area contributed by atoms with Crippen LogP contribution in [0.15, 0.2) is 24.3 Å². The van der Waals surface area contributed by atoms with E-state index < -0.39 is 0 Å². The quantitative estimate of drug-likeness (QED) is 0.754. The van der Waals surface area contributed by atoms with Gasteiger partial charge in [-0.3, -0.25) is 0 Å². The Morgan fingerprint density at radius 3 is 2.00 bits per heavy atom. The maximum absolute atomic E-state index is 5.72. The van der Waals surface area contributed by atoms with Gasteiger partial charge in [0.2, 0.25) is 0 Å². The lowest BCUT2D eigenvalue weighted by atomic mass is 10.00. The highest BCUT2D eigenvalue weighted by atomic mass is 14.6. The Labute approximate surface area is 81.0 Å². The molecule has 72 valence electrons. The van der Waals surface area contributed by atoms with Crippen molar-refractivity contribution in [3.8, 4) is 0 Å². The van der Waals surface area contributed by atoms with Gasteiger partial charge in [-0.2, -0.15) is 0 Å². The third-order valence-corrected chi connectivity index (χ3v) is 2.20. The average Bonchev–Trinajstić information content (AvgIpc) is 2.04. The van der Waals surface area contributed by atoms with Crippen molar-refractivity contribution in [3.63, 3.8) is 0 Å². The molecule has 0 unspecified atom stereocenters. The number of benzene rings is 1. The van der Waals surface area contributed by atoms with Crippen molar-refractivity contribution < 1.29 is 0 Å². The Morgan fingerprint density at radius 2 is 1.62 bits per heavy atom. The Bertz CT molecular complexity index is 246. The molecule has 0 radical (unpaired) electrons. The van der Waals surface area contributed by atoms with E-state index in [1.807, 2.05) is 6.92 Å². The largest absolute Gasteiger partial charge is 0.328 e. The van der Waals surface area contributed by atoms with Crippen LogP contribution in [0.4, 0.5) is 0 Å². The topological polar surface area (TPSA) is 26.0 Å². The lowest BCUT2D eigenvalue weighted by Crippen LogP contribution is -2.17. The highest BCUT2D eigenvalue weighted by Crippen LogP contribution is 2.15.